The van der Waals surface area contributed by atoms with Crippen LogP contribution < -0.4 is 5.32 Å². The van der Waals surface area contributed by atoms with Gasteiger partial charge in [-0.25, -0.2) is 4.39 Å². The van der Waals surface area contributed by atoms with Gasteiger partial charge in [-0.15, -0.1) is 0 Å². The molecule has 72 valence electrons. The van der Waals surface area contributed by atoms with Crippen LogP contribution in [0.2, 0.25) is 0 Å². The van der Waals surface area contributed by atoms with Gasteiger partial charge in [0.2, 0.25) is 0 Å². The summed E-state index contributed by atoms with van der Waals surface area (Å²) in [7, 11) is 0. The van der Waals surface area contributed by atoms with Crippen molar-refractivity contribution in [1.29, 1.82) is 0 Å². The molecule has 0 radical (unpaired) electrons. The van der Waals surface area contributed by atoms with Gasteiger partial charge in [0.25, 0.3) is 0 Å². The molecule has 0 saturated carbocycles. The lowest BCUT2D eigenvalue weighted by Crippen LogP contribution is -2.41. The van der Waals surface area contributed by atoms with Gasteiger partial charge in [-0.05, 0) is 38.1 Å². The highest BCUT2D eigenvalue weighted by atomic mass is 19.1. The Bertz CT molecular complexity index is 250. The number of halogens is 1. The van der Waals surface area contributed by atoms with Crippen molar-refractivity contribution in [1.82, 2.24) is 9.88 Å². The highest BCUT2D eigenvalue weighted by Crippen LogP contribution is 2.25. The van der Waals surface area contributed by atoms with Crippen LogP contribution >= 0.6 is 0 Å². The van der Waals surface area contributed by atoms with Crippen molar-refractivity contribution < 1.29 is 4.39 Å². The van der Waals surface area contributed by atoms with Crippen LogP contribution in [0.1, 0.15) is 12.8 Å². The summed E-state index contributed by atoms with van der Waals surface area (Å²) >= 11 is 0. The zero-order chi connectivity index (χ0) is 9.15. The number of piperidine rings is 1. The van der Waals surface area contributed by atoms with Gasteiger partial charge in [-0.2, -0.15) is 0 Å². The molecule has 3 heteroatoms. The van der Waals surface area contributed by atoms with Gasteiger partial charge in [0, 0.05) is 12.4 Å². The van der Waals surface area contributed by atoms with Gasteiger partial charge in [-0.3, -0.25) is 0 Å². The lowest BCUT2D eigenvalue weighted by atomic mass is 9.94. The second-order valence-electron chi connectivity index (χ2n) is 3.76. The van der Waals surface area contributed by atoms with Crippen LogP contribution in [0.4, 0.5) is 4.39 Å². The molecule has 1 aromatic rings. The van der Waals surface area contributed by atoms with Crippen LogP contribution in [0.3, 0.4) is 0 Å². The average molecular weight is 182 g/mol. The van der Waals surface area contributed by atoms with Gasteiger partial charge in [0.1, 0.15) is 5.67 Å². The number of alkyl halides is 1. The molecule has 1 aromatic heterocycles. The maximum atomic E-state index is 14.1. The number of hydrogen-bond donors (Lipinski definition) is 1. The van der Waals surface area contributed by atoms with E-state index in [0.717, 1.165) is 13.1 Å². The predicted octanol–water partition coefficient (Wildman–Crippen LogP) is 1.58. The van der Waals surface area contributed by atoms with Gasteiger partial charge >= 0.3 is 0 Å². The van der Waals surface area contributed by atoms with E-state index in [1.54, 1.807) is 0 Å². The molecule has 2 heterocycles. The molecule has 2 nitrogen and oxygen atoms in total. The van der Waals surface area contributed by atoms with Crippen molar-refractivity contribution >= 4 is 0 Å². The van der Waals surface area contributed by atoms with E-state index in [4.69, 9.17) is 0 Å². The van der Waals surface area contributed by atoms with Crippen molar-refractivity contribution in [3.63, 3.8) is 0 Å². The molecule has 0 aliphatic carbocycles. The smallest absolute Gasteiger partial charge is 0.131 e. The van der Waals surface area contributed by atoms with E-state index in [0.29, 0.717) is 19.4 Å². The second-order valence-corrected chi connectivity index (χ2v) is 3.76. The molecule has 1 aliphatic heterocycles. The third-order valence-corrected chi connectivity index (χ3v) is 2.63. The molecule has 0 aromatic carbocycles. The zero-order valence-electron chi connectivity index (χ0n) is 7.67. The first kappa shape index (κ1) is 8.75. The number of aromatic nitrogens is 1. The molecular weight excluding hydrogens is 167 g/mol. The zero-order valence-corrected chi connectivity index (χ0v) is 7.67. The fraction of sp³-hybridized carbons (Fsp3) is 0.600. The van der Waals surface area contributed by atoms with E-state index in [9.17, 15) is 4.39 Å². The highest BCUT2D eigenvalue weighted by Gasteiger charge is 2.31. The predicted molar refractivity (Wildman–Crippen MR) is 50.4 cm³/mol. The third-order valence-electron chi connectivity index (χ3n) is 2.63. The van der Waals surface area contributed by atoms with Crippen molar-refractivity contribution in [3.8, 4) is 0 Å². The fourth-order valence-electron chi connectivity index (χ4n) is 1.84. The van der Waals surface area contributed by atoms with Crippen LogP contribution in [-0.2, 0) is 6.54 Å². The third kappa shape index (κ3) is 2.10. The largest absolute Gasteiger partial charge is 0.351 e. The monoisotopic (exact) mass is 182 g/mol. The Balaban J connectivity index is 1.99. The van der Waals surface area contributed by atoms with Crippen LogP contribution in [-0.4, -0.2) is 23.3 Å². The minimum absolute atomic E-state index is 0.502. The minimum Gasteiger partial charge on any atom is -0.351 e. The summed E-state index contributed by atoms with van der Waals surface area (Å²) in [6.45, 7) is 2.11. The maximum absolute atomic E-state index is 14.1. The molecule has 0 atom stereocenters. The second kappa shape index (κ2) is 3.50. The summed E-state index contributed by atoms with van der Waals surface area (Å²) in [5.74, 6) is 0. The number of nitrogens with zero attached hydrogens (tertiary/aromatic N) is 1. The molecule has 0 amide bonds. The lowest BCUT2D eigenvalue weighted by Gasteiger charge is -2.30. The Labute approximate surface area is 77.7 Å². The van der Waals surface area contributed by atoms with Crippen molar-refractivity contribution in [2.45, 2.75) is 25.1 Å². The van der Waals surface area contributed by atoms with Crippen LogP contribution in [0.25, 0.3) is 0 Å². The maximum Gasteiger partial charge on any atom is 0.131 e. The standard InChI is InChI=1S/C10H15FN2/c11-10(3-5-12-6-4-10)9-13-7-1-2-8-13/h1-2,7-8,12H,3-6,9H2. The first-order valence-corrected chi connectivity index (χ1v) is 4.79. The van der Waals surface area contributed by atoms with E-state index in [1.807, 2.05) is 29.1 Å². The SMILES string of the molecule is FC1(Cn2cccc2)CCNCC1. The molecule has 13 heavy (non-hydrogen) atoms. The molecular formula is C10H15FN2. The summed E-state index contributed by atoms with van der Waals surface area (Å²) in [5, 5.41) is 3.17. The van der Waals surface area contributed by atoms with E-state index in [-0.39, 0.29) is 0 Å². The molecule has 1 aliphatic rings. The van der Waals surface area contributed by atoms with E-state index in [2.05, 4.69) is 5.32 Å². The molecule has 0 unspecified atom stereocenters. The first-order chi connectivity index (χ1) is 6.29. The Kier molecular flexibility index (Phi) is 2.36. The van der Waals surface area contributed by atoms with E-state index >= 15 is 0 Å². The summed E-state index contributed by atoms with van der Waals surface area (Å²) in [6.07, 6.45) is 5.10. The molecule has 0 spiro atoms. The first-order valence-electron chi connectivity index (χ1n) is 4.79. The number of hydrogen-bond acceptors (Lipinski definition) is 1. The van der Waals surface area contributed by atoms with Crippen molar-refractivity contribution in [2.24, 2.45) is 0 Å². The average Bonchev–Trinajstić information content (AvgIpc) is 2.57. The molecule has 1 saturated heterocycles. The van der Waals surface area contributed by atoms with Crippen LogP contribution in [0.5, 0.6) is 0 Å². The van der Waals surface area contributed by atoms with Gasteiger partial charge in [-0.1, -0.05) is 0 Å². The highest BCUT2D eigenvalue weighted by molar-refractivity contribution is 4.94. The van der Waals surface area contributed by atoms with Gasteiger partial charge in [0.05, 0.1) is 6.54 Å². The summed E-state index contributed by atoms with van der Waals surface area (Å²) < 4.78 is 16.0. The van der Waals surface area contributed by atoms with E-state index < -0.39 is 5.67 Å². The van der Waals surface area contributed by atoms with E-state index in [1.165, 1.54) is 0 Å². The normalized spacial score (nSPS) is 21.6. The molecule has 0 bridgehead atoms. The Morgan fingerprint density at radius 2 is 1.85 bits per heavy atom. The minimum atomic E-state index is -0.996. The summed E-state index contributed by atoms with van der Waals surface area (Å²) in [4.78, 5) is 0. The quantitative estimate of drug-likeness (QED) is 0.734. The van der Waals surface area contributed by atoms with Crippen molar-refractivity contribution in [2.75, 3.05) is 13.1 Å². The summed E-state index contributed by atoms with van der Waals surface area (Å²) in [6, 6.07) is 3.87. The Morgan fingerprint density at radius 3 is 2.46 bits per heavy atom. The molecule has 2 rings (SSSR count). The Hall–Kier alpha value is -0.830. The Morgan fingerprint density at radius 1 is 1.23 bits per heavy atom. The topological polar surface area (TPSA) is 17.0 Å². The number of nitrogens with one attached hydrogen (secondary N) is 1. The van der Waals surface area contributed by atoms with Gasteiger partial charge in [0.15, 0.2) is 0 Å². The summed E-state index contributed by atoms with van der Waals surface area (Å²) in [5.41, 5.74) is -0.996. The van der Waals surface area contributed by atoms with Crippen LogP contribution in [0.15, 0.2) is 24.5 Å². The van der Waals surface area contributed by atoms with Crippen molar-refractivity contribution in [3.05, 3.63) is 24.5 Å². The molecule has 1 N–H and O–H groups in total. The molecule has 1 fully saturated rings. The number of rotatable bonds is 2. The van der Waals surface area contributed by atoms with Crippen LogP contribution in [0, 0.1) is 0 Å². The fourth-order valence-corrected chi connectivity index (χ4v) is 1.84. The lowest BCUT2D eigenvalue weighted by molar-refractivity contribution is 0.0941. The van der Waals surface area contributed by atoms with Gasteiger partial charge < -0.3 is 9.88 Å².